The lowest BCUT2D eigenvalue weighted by atomic mass is 9.33. The second-order valence-corrected chi connectivity index (χ2v) is 26.8. The summed E-state index contributed by atoms with van der Waals surface area (Å²) in [5.74, 6) is 0. The molecule has 2 aliphatic heterocycles. The molecule has 0 N–H and O–H groups in total. The maximum atomic E-state index is 2.70. The third kappa shape index (κ3) is 6.53. The van der Waals surface area contributed by atoms with Crippen molar-refractivity contribution in [2.24, 2.45) is 0 Å². The van der Waals surface area contributed by atoms with E-state index in [1.165, 1.54) is 150 Å². The highest BCUT2D eigenvalue weighted by molar-refractivity contribution is 7.00. The van der Waals surface area contributed by atoms with Crippen LogP contribution in [0.25, 0.3) is 94.3 Å². The number of aromatic nitrogens is 1. The second-order valence-electron chi connectivity index (χ2n) is 26.8. The van der Waals surface area contributed by atoms with Crippen molar-refractivity contribution in [2.45, 2.75) is 10.8 Å². The first-order chi connectivity index (χ1) is 47.7. The molecule has 0 radical (unpaired) electrons. The summed E-state index contributed by atoms with van der Waals surface area (Å²) in [4.78, 5) is 5.40. The molecule has 0 unspecified atom stereocenters. The van der Waals surface area contributed by atoms with Gasteiger partial charge in [-0.1, -0.05) is 291 Å². The first kappa shape index (κ1) is 52.3. The predicted molar refractivity (Wildman–Crippen MR) is 398 cm³/mol. The van der Waals surface area contributed by atoms with Gasteiger partial charge in [-0.2, -0.15) is 0 Å². The monoisotopic (exact) mass is 1210 g/mol. The van der Waals surface area contributed by atoms with E-state index in [0.717, 1.165) is 39.5 Å². The Hall–Kier alpha value is -12.2. The Morgan fingerprint density at radius 1 is 0.240 bits per heavy atom. The fraction of sp³-hybridized carbons (Fsp3) is 0.0217. The molecule has 6 aliphatic rings. The smallest absolute Gasteiger partial charge is 0.252 e. The predicted octanol–water partition coefficient (Wildman–Crippen LogP) is 20.9. The summed E-state index contributed by atoms with van der Waals surface area (Å²) in [6.45, 7) is -0.215. The second kappa shape index (κ2) is 19.2. The molecule has 4 aliphatic carbocycles. The van der Waals surface area contributed by atoms with Crippen LogP contribution in [0.2, 0.25) is 0 Å². The Morgan fingerprint density at radius 3 is 1.21 bits per heavy atom. The van der Waals surface area contributed by atoms with Gasteiger partial charge in [0.25, 0.3) is 6.71 Å². The number of nitrogens with zero attached hydrogens (tertiary/aromatic N) is 3. The van der Waals surface area contributed by atoms with Gasteiger partial charge in [0.1, 0.15) is 0 Å². The Balaban J connectivity index is 0.904. The van der Waals surface area contributed by atoms with E-state index in [0.29, 0.717) is 0 Å². The van der Waals surface area contributed by atoms with E-state index in [1.807, 2.05) is 0 Å². The van der Waals surface area contributed by atoms with Crippen LogP contribution in [0.15, 0.2) is 340 Å². The largest absolute Gasteiger partial charge is 0.311 e. The molecule has 0 saturated carbocycles. The number of hydrogen-bond donors (Lipinski definition) is 0. The molecule has 3 nitrogen and oxygen atoms in total. The lowest BCUT2D eigenvalue weighted by Gasteiger charge is -2.46. The van der Waals surface area contributed by atoms with Gasteiger partial charge in [-0.15, -0.1) is 0 Å². The highest BCUT2D eigenvalue weighted by Crippen LogP contribution is 2.67. The third-order valence-electron chi connectivity index (χ3n) is 22.6. The Morgan fingerprint density at radius 2 is 0.656 bits per heavy atom. The van der Waals surface area contributed by atoms with Gasteiger partial charge in [0.15, 0.2) is 0 Å². The first-order valence-corrected chi connectivity index (χ1v) is 33.7. The van der Waals surface area contributed by atoms with Crippen LogP contribution in [0.1, 0.15) is 44.5 Å². The lowest BCUT2D eigenvalue weighted by molar-refractivity contribution is 0.794. The average Bonchev–Trinajstić information content (AvgIpc) is 1.52. The number of fused-ring (bicyclic) bond motifs is 28. The molecule has 0 saturated heterocycles. The molecule has 0 bridgehead atoms. The maximum Gasteiger partial charge on any atom is 0.252 e. The van der Waals surface area contributed by atoms with E-state index < -0.39 is 10.8 Å². The number of hydrogen-bond acceptors (Lipinski definition) is 2. The van der Waals surface area contributed by atoms with Crippen molar-refractivity contribution in [2.75, 3.05) is 9.80 Å². The summed E-state index contributed by atoms with van der Waals surface area (Å²) < 4.78 is 2.55. The molecule has 4 heteroatoms. The fourth-order valence-electron chi connectivity index (χ4n) is 19.1. The van der Waals surface area contributed by atoms with Crippen LogP contribution < -0.4 is 26.2 Å². The fourth-order valence-corrected chi connectivity index (χ4v) is 19.1. The Kier molecular flexibility index (Phi) is 10.5. The maximum absolute atomic E-state index is 2.70. The number of rotatable bonds is 5. The van der Waals surface area contributed by atoms with Crippen molar-refractivity contribution in [1.29, 1.82) is 0 Å². The van der Waals surface area contributed by atoms with Crippen LogP contribution in [-0.4, -0.2) is 11.3 Å². The SMILES string of the molecule is c1ccc(-c2ccc(N3c4cc(-n5c6ccccc6c6ccccc65)cc5c4B(c4cc(-c6ccccc6)ccc4N5c4cccc5c4-c4ccccc4C54c5ccccc5-c5ccccc54)c4ccc5c(c43)-c3ccccc3C53c4ccccc4-c4ccccc43)cc2)cc1. The van der Waals surface area contributed by atoms with Gasteiger partial charge >= 0.3 is 0 Å². The van der Waals surface area contributed by atoms with Crippen LogP contribution in [0.5, 0.6) is 0 Å². The van der Waals surface area contributed by atoms with E-state index in [9.17, 15) is 0 Å². The highest BCUT2D eigenvalue weighted by Gasteiger charge is 2.56. The highest BCUT2D eigenvalue weighted by atomic mass is 15.2. The van der Waals surface area contributed by atoms with Crippen molar-refractivity contribution < 1.29 is 0 Å². The van der Waals surface area contributed by atoms with E-state index in [4.69, 9.17) is 0 Å². The molecular formula is C92H56BN3. The van der Waals surface area contributed by atoms with Crippen molar-refractivity contribution >= 4 is 79.0 Å². The zero-order valence-electron chi connectivity index (χ0n) is 52.3. The van der Waals surface area contributed by atoms with Crippen LogP contribution in [0.4, 0.5) is 34.1 Å². The summed E-state index contributed by atoms with van der Waals surface area (Å²) >= 11 is 0. The van der Waals surface area contributed by atoms with Crippen molar-refractivity contribution in [3.05, 3.63) is 384 Å². The minimum atomic E-state index is -0.573. The van der Waals surface area contributed by atoms with E-state index >= 15 is 0 Å². The van der Waals surface area contributed by atoms with Gasteiger partial charge in [0.05, 0.1) is 33.2 Å². The number of anilines is 6. The molecule has 0 fully saturated rings. The quantitative estimate of drug-likeness (QED) is 0.159. The average molecular weight is 1210 g/mol. The minimum absolute atomic E-state index is 0.215. The van der Waals surface area contributed by atoms with Crippen molar-refractivity contribution in [1.82, 2.24) is 4.57 Å². The van der Waals surface area contributed by atoms with E-state index in [2.05, 4.69) is 354 Å². The zero-order valence-corrected chi connectivity index (χ0v) is 52.3. The van der Waals surface area contributed by atoms with Crippen LogP contribution in [0.3, 0.4) is 0 Å². The molecule has 15 aromatic carbocycles. The molecule has 442 valence electrons. The lowest BCUT2D eigenvalue weighted by Crippen LogP contribution is -2.61. The normalized spacial score (nSPS) is 14.4. The number of benzene rings is 15. The van der Waals surface area contributed by atoms with Gasteiger partial charge < -0.3 is 14.4 Å². The van der Waals surface area contributed by atoms with Gasteiger partial charge in [-0.3, -0.25) is 0 Å². The molecule has 16 aromatic rings. The third-order valence-corrected chi connectivity index (χ3v) is 22.6. The summed E-state index contributed by atoms with van der Waals surface area (Å²) in [5.41, 5.74) is 38.6. The Labute approximate surface area is 557 Å². The van der Waals surface area contributed by atoms with E-state index in [-0.39, 0.29) is 6.71 Å². The molecule has 1 aromatic heterocycles. The Bertz CT molecular complexity index is 5910. The van der Waals surface area contributed by atoms with Crippen LogP contribution >= 0.6 is 0 Å². The van der Waals surface area contributed by atoms with E-state index in [1.54, 1.807) is 0 Å². The van der Waals surface area contributed by atoms with Crippen molar-refractivity contribution in [3.8, 4) is 72.4 Å². The van der Waals surface area contributed by atoms with Crippen LogP contribution in [0, 0.1) is 0 Å². The summed E-state index contributed by atoms with van der Waals surface area (Å²) in [7, 11) is 0. The standard InChI is InChI=1S/C92H56BN3/c1-3-24-57(25-4-1)59-46-49-61(50-47-59)95-85-55-62(94-81-43-21-13-32-67(81)68-33-14-22-44-82(68)94)56-86-89(85)93(79-52-51-78-88(90(79)95)70-35-12-20-41-76(70)92(78)73-38-17-9-30-65(73)66-31-10-18-39-74(66)92)80-54-60(58-26-5-2-6-27-58)48-53-83(80)96(86)84-45-23-42-77-87(84)69-34-11-19-40-75(69)91(77)71-36-15-7-28-63(71)64-29-8-16-37-72(64)91/h1-56H. The van der Waals surface area contributed by atoms with Crippen LogP contribution in [-0.2, 0) is 10.8 Å². The molecule has 0 atom stereocenters. The summed E-state index contributed by atoms with van der Waals surface area (Å²) in [6, 6.07) is 130. The summed E-state index contributed by atoms with van der Waals surface area (Å²) in [5, 5.41) is 2.45. The summed E-state index contributed by atoms with van der Waals surface area (Å²) in [6.07, 6.45) is 0. The van der Waals surface area contributed by atoms with Gasteiger partial charge in [-0.05, 0) is 165 Å². The molecule has 0 amide bonds. The first-order valence-electron chi connectivity index (χ1n) is 33.7. The van der Waals surface area contributed by atoms with Gasteiger partial charge in [0, 0.05) is 50.3 Å². The van der Waals surface area contributed by atoms with Gasteiger partial charge in [0.2, 0.25) is 0 Å². The van der Waals surface area contributed by atoms with Gasteiger partial charge in [-0.25, -0.2) is 0 Å². The molecule has 2 spiro atoms. The molecule has 3 heterocycles. The number of para-hydroxylation sites is 2. The zero-order chi connectivity index (χ0) is 62.5. The molecule has 96 heavy (non-hydrogen) atoms. The molecule has 22 rings (SSSR count). The topological polar surface area (TPSA) is 11.4 Å². The molecular weight excluding hydrogens is 1160 g/mol. The minimum Gasteiger partial charge on any atom is -0.311 e. The van der Waals surface area contributed by atoms with Crippen molar-refractivity contribution in [3.63, 3.8) is 0 Å².